The summed E-state index contributed by atoms with van der Waals surface area (Å²) in [7, 11) is 0. The van der Waals surface area contributed by atoms with Gasteiger partial charge in [0, 0.05) is 25.8 Å². The Bertz CT molecular complexity index is 353. The monoisotopic (exact) mass is 232 g/mol. The maximum atomic E-state index is 5.31. The van der Waals surface area contributed by atoms with E-state index in [2.05, 4.69) is 41.1 Å². The van der Waals surface area contributed by atoms with E-state index in [0.717, 1.165) is 45.0 Å². The largest absolute Gasteiger partial charge is 0.379 e. The lowest BCUT2D eigenvalue weighted by Crippen LogP contribution is -2.36. The van der Waals surface area contributed by atoms with Crippen LogP contribution in [0.15, 0.2) is 24.4 Å². The first-order valence-corrected chi connectivity index (χ1v) is 6.30. The molecule has 0 aliphatic carbocycles. The molecule has 1 aliphatic heterocycles. The minimum atomic E-state index is 0.858. The topological polar surface area (TPSA) is 25.4 Å². The van der Waals surface area contributed by atoms with E-state index >= 15 is 0 Å². The van der Waals surface area contributed by atoms with Gasteiger partial charge in [0.1, 0.15) is 0 Å². The Balaban J connectivity index is 1.82. The van der Waals surface area contributed by atoms with Crippen LogP contribution in [-0.4, -0.2) is 42.7 Å². The van der Waals surface area contributed by atoms with E-state index in [1.165, 1.54) is 5.56 Å². The van der Waals surface area contributed by atoms with Gasteiger partial charge in [-0.1, -0.05) is 19.1 Å². The Morgan fingerprint density at radius 2 is 2.18 bits per heavy atom. The standard InChI is InChI=1S/C14H20N2O/c1-2-13-5-6-14(15-12-13)4-3-7-16-8-10-17-11-9-16/h3-6,12H,2,7-11H2,1H3. The minimum absolute atomic E-state index is 0.858. The van der Waals surface area contributed by atoms with E-state index in [-0.39, 0.29) is 0 Å². The van der Waals surface area contributed by atoms with Gasteiger partial charge >= 0.3 is 0 Å². The van der Waals surface area contributed by atoms with Crippen molar-refractivity contribution >= 4 is 6.08 Å². The van der Waals surface area contributed by atoms with Gasteiger partial charge in [-0.05, 0) is 24.1 Å². The lowest BCUT2D eigenvalue weighted by Gasteiger charge is -2.25. The first kappa shape index (κ1) is 12.3. The van der Waals surface area contributed by atoms with Gasteiger partial charge in [0.05, 0.1) is 18.9 Å². The van der Waals surface area contributed by atoms with E-state index in [4.69, 9.17) is 4.74 Å². The third-order valence-electron chi connectivity index (χ3n) is 3.01. The Labute approximate surface area is 103 Å². The molecule has 1 fully saturated rings. The number of aryl methyl sites for hydroxylation is 1. The van der Waals surface area contributed by atoms with Crippen molar-refractivity contribution in [3.05, 3.63) is 35.7 Å². The van der Waals surface area contributed by atoms with Crippen LogP contribution < -0.4 is 0 Å². The molecule has 1 aliphatic rings. The molecule has 1 aromatic rings. The van der Waals surface area contributed by atoms with Crippen LogP contribution in [0, 0.1) is 0 Å². The van der Waals surface area contributed by atoms with Crippen LogP contribution >= 0.6 is 0 Å². The fourth-order valence-corrected chi connectivity index (χ4v) is 1.85. The molecule has 92 valence electrons. The molecule has 17 heavy (non-hydrogen) atoms. The summed E-state index contributed by atoms with van der Waals surface area (Å²) in [5.74, 6) is 0. The summed E-state index contributed by atoms with van der Waals surface area (Å²) in [6.07, 6.45) is 7.27. The molecule has 0 aromatic carbocycles. The highest BCUT2D eigenvalue weighted by atomic mass is 16.5. The summed E-state index contributed by atoms with van der Waals surface area (Å²) in [5.41, 5.74) is 2.32. The highest BCUT2D eigenvalue weighted by Crippen LogP contribution is 2.03. The van der Waals surface area contributed by atoms with Gasteiger partial charge in [0.2, 0.25) is 0 Å². The molecule has 1 saturated heterocycles. The van der Waals surface area contributed by atoms with E-state index in [1.807, 2.05) is 6.20 Å². The van der Waals surface area contributed by atoms with Crippen molar-refractivity contribution in [2.24, 2.45) is 0 Å². The number of aromatic nitrogens is 1. The third kappa shape index (κ3) is 3.95. The lowest BCUT2D eigenvalue weighted by atomic mass is 10.2. The highest BCUT2D eigenvalue weighted by Gasteiger charge is 2.07. The SMILES string of the molecule is CCc1ccc(C=CCN2CCOCC2)nc1. The summed E-state index contributed by atoms with van der Waals surface area (Å²) in [4.78, 5) is 6.79. The average molecular weight is 232 g/mol. The minimum Gasteiger partial charge on any atom is -0.379 e. The summed E-state index contributed by atoms with van der Waals surface area (Å²) >= 11 is 0. The average Bonchev–Trinajstić information content (AvgIpc) is 2.41. The van der Waals surface area contributed by atoms with Crippen molar-refractivity contribution in [3.8, 4) is 0 Å². The molecule has 2 heterocycles. The van der Waals surface area contributed by atoms with Gasteiger partial charge in [0.15, 0.2) is 0 Å². The smallest absolute Gasteiger partial charge is 0.0627 e. The molecule has 0 amide bonds. The predicted octanol–water partition coefficient (Wildman–Crippen LogP) is 1.99. The first-order chi connectivity index (χ1) is 8.38. The second-order valence-electron chi connectivity index (χ2n) is 4.26. The number of pyridine rings is 1. The summed E-state index contributed by atoms with van der Waals surface area (Å²) in [6, 6.07) is 4.22. The molecule has 0 N–H and O–H groups in total. The Morgan fingerprint density at radius 3 is 2.82 bits per heavy atom. The Kier molecular flexibility index (Phi) is 4.71. The molecule has 0 radical (unpaired) electrons. The van der Waals surface area contributed by atoms with E-state index in [1.54, 1.807) is 0 Å². The fraction of sp³-hybridized carbons (Fsp3) is 0.500. The van der Waals surface area contributed by atoms with Crippen molar-refractivity contribution in [2.75, 3.05) is 32.8 Å². The fourth-order valence-electron chi connectivity index (χ4n) is 1.85. The Morgan fingerprint density at radius 1 is 1.35 bits per heavy atom. The van der Waals surface area contributed by atoms with Crippen LogP contribution in [0.2, 0.25) is 0 Å². The van der Waals surface area contributed by atoms with Crippen LogP contribution in [0.4, 0.5) is 0 Å². The van der Waals surface area contributed by atoms with Gasteiger partial charge < -0.3 is 4.74 Å². The summed E-state index contributed by atoms with van der Waals surface area (Å²) in [6.45, 7) is 6.92. The molecule has 2 rings (SSSR count). The third-order valence-corrected chi connectivity index (χ3v) is 3.01. The molecule has 0 saturated carbocycles. The van der Waals surface area contributed by atoms with Crippen molar-refractivity contribution < 1.29 is 4.74 Å². The molecular formula is C14H20N2O. The molecule has 1 aromatic heterocycles. The second kappa shape index (κ2) is 6.52. The number of hydrogen-bond donors (Lipinski definition) is 0. The molecular weight excluding hydrogens is 212 g/mol. The van der Waals surface area contributed by atoms with E-state index in [9.17, 15) is 0 Å². The van der Waals surface area contributed by atoms with Crippen LogP contribution in [0.25, 0.3) is 6.08 Å². The maximum Gasteiger partial charge on any atom is 0.0627 e. The normalized spacial score (nSPS) is 17.7. The number of morpholine rings is 1. The zero-order valence-electron chi connectivity index (χ0n) is 10.4. The van der Waals surface area contributed by atoms with E-state index in [0.29, 0.717) is 0 Å². The van der Waals surface area contributed by atoms with Crippen molar-refractivity contribution in [1.82, 2.24) is 9.88 Å². The number of ether oxygens (including phenoxy) is 1. The van der Waals surface area contributed by atoms with Gasteiger partial charge in [-0.15, -0.1) is 0 Å². The second-order valence-corrected chi connectivity index (χ2v) is 4.26. The number of hydrogen-bond acceptors (Lipinski definition) is 3. The zero-order chi connectivity index (χ0) is 11.9. The molecule has 0 bridgehead atoms. The summed E-state index contributed by atoms with van der Waals surface area (Å²) < 4.78 is 5.31. The van der Waals surface area contributed by atoms with Crippen molar-refractivity contribution in [3.63, 3.8) is 0 Å². The molecule has 3 heteroatoms. The summed E-state index contributed by atoms with van der Waals surface area (Å²) in [5, 5.41) is 0. The molecule has 0 spiro atoms. The van der Waals surface area contributed by atoms with Crippen LogP contribution in [0.5, 0.6) is 0 Å². The lowest BCUT2D eigenvalue weighted by molar-refractivity contribution is 0.0435. The van der Waals surface area contributed by atoms with Gasteiger partial charge in [-0.25, -0.2) is 0 Å². The predicted molar refractivity (Wildman–Crippen MR) is 69.9 cm³/mol. The number of nitrogens with zero attached hydrogens (tertiary/aromatic N) is 2. The molecule has 0 unspecified atom stereocenters. The molecule has 0 atom stereocenters. The highest BCUT2D eigenvalue weighted by molar-refractivity contribution is 5.44. The van der Waals surface area contributed by atoms with Crippen LogP contribution in [-0.2, 0) is 11.2 Å². The van der Waals surface area contributed by atoms with Crippen molar-refractivity contribution in [1.29, 1.82) is 0 Å². The quantitative estimate of drug-likeness (QED) is 0.794. The van der Waals surface area contributed by atoms with Crippen molar-refractivity contribution in [2.45, 2.75) is 13.3 Å². The van der Waals surface area contributed by atoms with Crippen LogP contribution in [0.3, 0.4) is 0 Å². The van der Waals surface area contributed by atoms with Gasteiger partial charge in [-0.2, -0.15) is 0 Å². The van der Waals surface area contributed by atoms with Crippen LogP contribution in [0.1, 0.15) is 18.2 Å². The first-order valence-electron chi connectivity index (χ1n) is 6.30. The van der Waals surface area contributed by atoms with Gasteiger partial charge in [-0.3, -0.25) is 9.88 Å². The Hall–Kier alpha value is -1.19. The maximum absolute atomic E-state index is 5.31. The van der Waals surface area contributed by atoms with E-state index < -0.39 is 0 Å². The van der Waals surface area contributed by atoms with Gasteiger partial charge in [0.25, 0.3) is 0 Å². The zero-order valence-corrected chi connectivity index (χ0v) is 10.4. The number of rotatable bonds is 4. The molecule has 3 nitrogen and oxygen atoms in total.